The first-order chi connectivity index (χ1) is 22.9. The zero-order valence-corrected chi connectivity index (χ0v) is 27.4. The fraction of sp³-hybridized carbons (Fsp3) is 0.154. The number of H-pyrrole nitrogens is 1. The van der Waals surface area contributed by atoms with E-state index >= 15 is 0 Å². The smallest absolute Gasteiger partial charge is 0.338 e. The molecule has 0 amide bonds. The van der Waals surface area contributed by atoms with Gasteiger partial charge in [-0.25, -0.2) is 9.79 Å². The number of thiazole rings is 1. The van der Waals surface area contributed by atoms with Crippen LogP contribution in [0.3, 0.4) is 0 Å². The molecule has 0 saturated carbocycles. The lowest BCUT2D eigenvalue weighted by atomic mass is 9.93. The summed E-state index contributed by atoms with van der Waals surface area (Å²) in [6.45, 7) is 6.12. The number of carbonyl (C=O) groups excluding carboxylic acids is 1. The summed E-state index contributed by atoms with van der Waals surface area (Å²) in [5, 5.41) is 1.04. The van der Waals surface area contributed by atoms with Crippen LogP contribution < -0.4 is 19.6 Å². The van der Waals surface area contributed by atoms with Crippen LogP contribution in [-0.2, 0) is 9.53 Å². The number of hydrogen-bond donors (Lipinski definition) is 1. The lowest BCUT2D eigenvalue weighted by Crippen LogP contribution is -2.40. The van der Waals surface area contributed by atoms with Gasteiger partial charge in [-0.05, 0) is 61.7 Å². The highest BCUT2D eigenvalue weighted by Crippen LogP contribution is 2.37. The van der Waals surface area contributed by atoms with Crippen molar-refractivity contribution in [2.75, 3.05) is 13.7 Å². The molecule has 0 saturated heterocycles. The molecule has 1 aliphatic heterocycles. The predicted octanol–water partition coefficient (Wildman–Crippen LogP) is 6.71. The Morgan fingerprint density at radius 2 is 1.68 bits per heavy atom. The van der Waals surface area contributed by atoms with E-state index in [0.717, 1.165) is 44.4 Å². The molecule has 7 rings (SSSR count). The molecule has 0 bridgehead atoms. The number of nitrogens with zero attached hydrogens (tertiary/aromatic N) is 2. The van der Waals surface area contributed by atoms with Crippen molar-refractivity contribution in [1.29, 1.82) is 0 Å². The number of benzene rings is 4. The molecule has 3 heterocycles. The van der Waals surface area contributed by atoms with Crippen molar-refractivity contribution in [1.82, 2.24) is 9.55 Å². The van der Waals surface area contributed by atoms with Gasteiger partial charge < -0.3 is 14.5 Å². The highest BCUT2D eigenvalue weighted by Gasteiger charge is 2.35. The minimum atomic E-state index is -0.793. The number of rotatable bonds is 7. The first kappa shape index (κ1) is 30.2. The molecular weight excluding hydrogens is 607 g/mol. The maximum atomic E-state index is 14.6. The fourth-order valence-electron chi connectivity index (χ4n) is 6.35. The van der Waals surface area contributed by atoms with Gasteiger partial charge >= 0.3 is 5.97 Å². The zero-order chi connectivity index (χ0) is 32.7. The molecule has 8 heteroatoms. The Morgan fingerprint density at radius 3 is 2.38 bits per heavy atom. The molecule has 0 aliphatic carbocycles. The summed E-state index contributed by atoms with van der Waals surface area (Å²) in [6, 6.07) is 30.6. The molecule has 7 nitrogen and oxygen atoms in total. The van der Waals surface area contributed by atoms with Crippen LogP contribution in [0.2, 0.25) is 0 Å². The number of nitrogens with one attached hydrogen (secondary N) is 1. The molecule has 1 atom stereocenters. The Labute approximate surface area is 275 Å². The van der Waals surface area contributed by atoms with E-state index in [1.807, 2.05) is 78.9 Å². The van der Waals surface area contributed by atoms with Gasteiger partial charge in [-0.3, -0.25) is 9.36 Å². The largest absolute Gasteiger partial charge is 0.497 e. The fourth-order valence-corrected chi connectivity index (χ4v) is 7.34. The second-order valence-corrected chi connectivity index (χ2v) is 12.5. The van der Waals surface area contributed by atoms with Crippen LogP contribution in [0.1, 0.15) is 40.8 Å². The molecule has 1 aliphatic rings. The number of hydrogen-bond acceptors (Lipinski definition) is 6. The minimum Gasteiger partial charge on any atom is -0.497 e. The highest BCUT2D eigenvalue weighted by atomic mass is 32.1. The third kappa shape index (κ3) is 5.40. The van der Waals surface area contributed by atoms with Crippen molar-refractivity contribution in [3.05, 3.63) is 150 Å². The number of esters is 1. The summed E-state index contributed by atoms with van der Waals surface area (Å²) in [5.41, 5.74) is 8.17. The van der Waals surface area contributed by atoms with Crippen LogP contribution in [0, 0.1) is 13.8 Å². The van der Waals surface area contributed by atoms with E-state index < -0.39 is 12.0 Å². The first-order valence-electron chi connectivity index (χ1n) is 15.5. The molecule has 2 aromatic heterocycles. The van der Waals surface area contributed by atoms with Gasteiger partial charge in [0.2, 0.25) is 0 Å². The Kier molecular flexibility index (Phi) is 7.95. The van der Waals surface area contributed by atoms with E-state index in [9.17, 15) is 9.59 Å². The molecule has 0 spiro atoms. The summed E-state index contributed by atoms with van der Waals surface area (Å²) < 4.78 is 13.3. The molecule has 47 heavy (non-hydrogen) atoms. The van der Waals surface area contributed by atoms with Crippen molar-refractivity contribution in [3.8, 4) is 17.0 Å². The molecule has 0 unspecified atom stereocenters. The SMILES string of the molecule is CCOC(=O)C1=C(c2ccccc2)N=c2s/c(=C\c3c(-c4ccccc4)[nH]c4c(C)cc(C)cc34)c(=O)n2[C@@H]1c1cccc(OC)c1. The quantitative estimate of drug-likeness (QED) is 0.197. The van der Waals surface area contributed by atoms with Gasteiger partial charge in [0.05, 0.1) is 41.3 Å². The van der Waals surface area contributed by atoms with E-state index in [4.69, 9.17) is 14.5 Å². The first-order valence-corrected chi connectivity index (χ1v) is 16.3. The maximum absolute atomic E-state index is 14.6. The average molecular weight is 640 g/mol. The zero-order valence-electron chi connectivity index (χ0n) is 26.5. The summed E-state index contributed by atoms with van der Waals surface area (Å²) in [4.78, 5) is 37.6. The van der Waals surface area contributed by atoms with Gasteiger partial charge in [-0.1, -0.05) is 95.8 Å². The van der Waals surface area contributed by atoms with Gasteiger partial charge in [0.1, 0.15) is 5.75 Å². The lowest BCUT2D eigenvalue weighted by molar-refractivity contribution is -0.138. The normalized spacial score (nSPS) is 14.6. The monoisotopic (exact) mass is 639 g/mol. The summed E-state index contributed by atoms with van der Waals surface area (Å²) in [6.07, 6.45) is 1.96. The molecule has 4 aromatic carbocycles. The number of ether oxygens (including phenoxy) is 2. The van der Waals surface area contributed by atoms with Crippen molar-refractivity contribution < 1.29 is 14.3 Å². The van der Waals surface area contributed by atoms with Crippen LogP contribution in [0.4, 0.5) is 0 Å². The molecule has 234 valence electrons. The van der Waals surface area contributed by atoms with Crippen molar-refractivity contribution in [2.45, 2.75) is 26.8 Å². The van der Waals surface area contributed by atoms with E-state index in [1.54, 1.807) is 18.6 Å². The maximum Gasteiger partial charge on any atom is 0.338 e. The molecule has 0 fully saturated rings. The van der Waals surface area contributed by atoms with Gasteiger partial charge in [0, 0.05) is 22.0 Å². The van der Waals surface area contributed by atoms with Crippen LogP contribution in [-0.4, -0.2) is 29.2 Å². The van der Waals surface area contributed by atoms with E-state index in [0.29, 0.717) is 31.9 Å². The summed E-state index contributed by atoms with van der Waals surface area (Å²) >= 11 is 1.31. The highest BCUT2D eigenvalue weighted by molar-refractivity contribution is 7.07. The number of methoxy groups -OCH3 is 1. The Bertz CT molecular complexity index is 2370. The van der Waals surface area contributed by atoms with Crippen LogP contribution >= 0.6 is 11.3 Å². The Balaban J connectivity index is 1.55. The number of carbonyl (C=O) groups is 1. The molecule has 6 aromatic rings. The van der Waals surface area contributed by atoms with Gasteiger partial charge in [-0.15, -0.1) is 0 Å². The van der Waals surface area contributed by atoms with E-state index in [1.165, 1.54) is 11.3 Å². The summed E-state index contributed by atoms with van der Waals surface area (Å²) in [7, 11) is 1.59. The van der Waals surface area contributed by atoms with Gasteiger partial charge in [-0.2, -0.15) is 0 Å². The van der Waals surface area contributed by atoms with Gasteiger partial charge in [0.15, 0.2) is 4.80 Å². The Hall–Kier alpha value is -5.47. The van der Waals surface area contributed by atoms with Gasteiger partial charge in [0.25, 0.3) is 5.56 Å². The topological polar surface area (TPSA) is 85.7 Å². The number of aromatic amines is 1. The standard InChI is InChI=1S/C39H33N3O4S/c1-5-46-38(44)32-35(26-15-10-7-11-16-26)41-39-42(36(32)27-17-12-18-28(21-27)45-4)37(43)31(47-39)22-30-29-20-23(2)19-24(3)33(29)40-34(30)25-13-8-6-9-14-25/h6-22,36,40H,5H2,1-4H3/b31-22-/t36-/m1/s1. The van der Waals surface area contributed by atoms with E-state index in [2.05, 4.69) is 43.1 Å². The van der Waals surface area contributed by atoms with E-state index in [-0.39, 0.29) is 12.2 Å². The van der Waals surface area contributed by atoms with Crippen molar-refractivity contribution >= 4 is 40.0 Å². The molecule has 0 radical (unpaired) electrons. The number of aromatic nitrogens is 2. The lowest BCUT2D eigenvalue weighted by Gasteiger charge is -2.26. The van der Waals surface area contributed by atoms with Crippen molar-refractivity contribution in [2.24, 2.45) is 4.99 Å². The second kappa shape index (κ2) is 12.4. The third-order valence-electron chi connectivity index (χ3n) is 8.41. The van der Waals surface area contributed by atoms with Crippen LogP contribution in [0.5, 0.6) is 5.75 Å². The Morgan fingerprint density at radius 1 is 0.957 bits per heavy atom. The molecular formula is C39H33N3O4S. The van der Waals surface area contributed by atoms with Crippen LogP contribution in [0.15, 0.2) is 112 Å². The average Bonchev–Trinajstić information content (AvgIpc) is 3.61. The van der Waals surface area contributed by atoms with Crippen LogP contribution in [0.25, 0.3) is 33.9 Å². The summed E-state index contributed by atoms with van der Waals surface area (Å²) in [5.74, 6) is 0.0919. The number of aryl methyl sites for hydroxylation is 2. The minimum absolute atomic E-state index is 0.182. The third-order valence-corrected chi connectivity index (χ3v) is 9.39. The predicted molar refractivity (Wildman–Crippen MR) is 187 cm³/mol. The number of fused-ring (bicyclic) bond motifs is 2. The van der Waals surface area contributed by atoms with Crippen molar-refractivity contribution in [3.63, 3.8) is 0 Å². The second-order valence-electron chi connectivity index (χ2n) is 11.5. The molecule has 1 N–H and O–H groups in total.